The van der Waals surface area contributed by atoms with E-state index in [1.54, 1.807) is 18.2 Å². The topological polar surface area (TPSA) is 71.9 Å². The van der Waals surface area contributed by atoms with Gasteiger partial charge in [0.15, 0.2) is 11.5 Å². The predicted molar refractivity (Wildman–Crippen MR) is 139 cm³/mol. The van der Waals surface area contributed by atoms with E-state index in [9.17, 15) is 4.79 Å². The van der Waals surface area contributed by atoms with Crippen molar-refractivity contribution in [2.45, 2.75) is 24.8 Å². The van der Waals surface area contributed by atoms with Gasteiger partial charge in [0.2, 0.25) is 6.79 Å². The predicted octanol–water partition coefficient (Wildman–Crippen LogP) is 3.49. The maximum absolute atomic E-state index is 12.8. The number of nitrogens with zero attached hydrogens (tertiary/aromatic N) is 4. The smallest absolute Gasteiger partial charge is 0.251 e. The highest BCUT2D eigenvalue weighted by Gasteiger charge is 2.42. The molecule has 188 valence electrons. The first kappa shape index (κ1) is 22.9. The maximum atomic E-state index is 12.8. The van der Waals surface area contributed by atoms with Gasteiger partial charge in [0.1, 0.15) is 0 Å². The molecular weight excluding hydrogens is 454 g/mol. The monoisotopic (exact) mass is 487 g/mol. The van der Waals surface area contributed by atoms with Crippen molar-refractivity contribution < 1.29 is 14.3 Å². The van der Waals surface area contributed by atoms with Crippen LogP contribution in [0.1, 0.15) is 34.8 Å². The van der Waals surface area contributed by atoms with Gasteiger partial charge in [-0.3, -0.25) is 14.4 Å². The second kappa shape index (κ2) is 9.17. The Morgan fingerprint density at radius 2 is 1.92 bits per heavy atom. The molecule has 1 aromatic heterocycles. The molecule has 5 heterocycles. The summed E-state index contributed by atoms with van der Waals surface area (Å²) in [5, 5.41) is 8.01. The van der Waals surface area contributed by atoms with Crippen molar-refractivity contribution in [3.05, 3.63) is 59.8 Å². The van der Waals surface area contributed by atoms with Gasteiger partial charge in [0.25, 0.3) is 5.91 Å². The third-order valence-corrected chi connectivity index (χ3v) is 7.99. The molecule has 3 aromatic rings. The van der Waals surface area contributed by atoms with Gasteiger partial charge < -0.3 is 19.7 Å². The molecule has 1 amide bonds. The largest absolute Gasteiger partial charge is 0.454 e. The van der Waals surface area contributed by atoms with Gasteiger partial charge in [-0.2, -0.15) is 5.10 Å². The Labute approximate surface area is 211 Å². The van der Waals surface area contributed by atoms with Gasteiger partial charge >= 0.3 is 0 Å². The average molecular weight is 488 g/mol. The van der Waals surface area contributed by atoms with E-state index < -0.39 is 0 Å². The molecule has 3 saturated heterocycles. The summed E-state index contributed by atoms with van der Waals surface area (Å²) >= 11 is 0. The quantitative estimate of drug-likeness (QED) is 0.574. The first-order valence-electron chi connectivity index (χ1n) is 12.7. The van der Waals surface area contributed by atoms with E-state index in [-0.39, 0.29) is 12.7 Å². The van der Waals surface area contributed by atoms with Crippen LogP contribution in [0.5, 0.6) is 11.5 Å². The van der Waals surface area contributed by atoms with Crippen LogP contribution in [0.15, 0.2) is 48.5 Å². The van der Waals surface area contributed by atoms with Crippen molar-refractivity contribution in [2.75, 3.05) is 45.4 Å². The molecule has 2 bridgehead atoms. The molecule has 0 aliphatic carbocycles. The number of anilines is 1. The van der Waals surface area contributed by atoms with Crippen molar-refractivity contribution in [1.29, 1.82) is 0 Å². The van der Waals surface area contributed by atoms with Crippen molar-refractivity contribution >= 4 is 11.6 Å². The standard InChI is InChI=1S/C28H33N5O3/c1-31(2)21-7-4-18(5-8-21)24-14-25(32(3)30-24)23-16-33-11-10-19(23)12-22(33)15-29-28(34)20-6-9-26-27(13-20)36-17-35-26/h4-9,13-14,19,22-23H,10-12,15-17H2,1-3H3,(H,29,34). The minimum Gasteiger partial charge on any atom is -0.454 e. The number of aromatic nitrogens is 2. The molecule has 4 unspecified atom stereocenters. The highest BCUT2D eigenvalue weighted by Crippen LogP contribution is 2.42. The van der Waals surface area contributed by atoms with E-state index in [0.29, 0.717) is 41.5 Å². The minimum absolute atomic E-state index is 0.0657. The first-order chi connectivity index (χ1) is 17.5. The summed E-state index contributed by atoms with van der Waals surface area (Å²) in [5.74, 6) is 2.32. The highest BCUT2D eigenvalue weighted by molar-refractivity contribution is 5.95. The number of ether oxygens (including phenoxy) is 2. The van der Waals surface area contributed by atoms with Crippen LogP contribution in [0.4, 0.5) is 5.69 Å². The number of benzene rings is 2. The maximum Gasteiger partial charge on any atom is 0.251 e. The first-order valence-corrected chi connectivity index (χ1v) is 12.7. The number of aryl methyl sites for hydroxylation is 1. The van der Waals surface area contributed by atoms with Gasteiger partial charge in [-0.1, -0.05) is 12.1 Å². The lowest BCUT2D eigenvalue weighted by Gasteiger charge is -2.50. The van der Waals surface area contributed by atoms with E-state index >= 15 is 0 Å². The Balaban J connectivity index is 1.11. The van der Waals surface area contributed by atoms with E-state index in [1.807, 2.05) is 0 Å². The van der Waals surface area contributed by atoms with Crippen LogP contribution in [0.25, 0.3) is 11.3 Å². The molecule has 8 heteroatoms. The molecule has 4 atom stereocenters. The molecule has 0 spiro atoms. The van der Waals surface area contributed by atoms with E-state index in [2.05, 4.69) is 71.3 Å². The van der Waals surface area contributed by atoms with Crippen LogP contribution in [0, 0.1) is 5.92 Å². The average Bonchev–Trinajstić information content (AvgIpc) is 3.53. The normalized spacial score (nSPS) is 24.1. The summed E-state index contributed by atoms with van der Waals surface area (Å²) in [6, 6.07) is 16.6. The molecule has 2 aromatic carbocycles. The second-order valence-electron chi connectivity index (χ2n) is 10.3. The van der Waals surface area contributed by atoms with Crippen molar-refractivity contribution in [2.24, 2.45) is 13.0 Å². The molecular formula is C28H33N5O3. The Bertz CT molecular complexity index is 1270. The molecule has 4 aliphatic rings. The van der Waals surface area contributed by atoms with Gasteiger partial charge in [-0.05, 0) is 61.7 Å². The number of hydrogen-bond acceptors (Lipinski definition) is 6. The van der Waals surface area contributed by atoms with Gasteiger partial charge in [0, 0.05) is 68.7 Å². The summed E-state index contributed by atoms with van der Waals surface area (Å²) in [6.45, 7) is 2.96. The lowest BCUT2D eigenvalue weighted by Crippen LogP contribution is -2.56. The fourth-order valence-electron chi connectivity index (χ4n) is 5.94. The number of amides is 1. The SMILES string of the molecule is CN(C)c1ccc(-c2cc(C3CN4CCC3CC4CNC(=O)c3ccc4c(c3)OCO4)n(C)n2)cc1. The van der Waals surface area contributed by atoms with Crippen LogP contribution < -0.4 is 19.7 Å². The molecule has 8 nitrogen and oxygen atoms in total. The number of carbonyl (C=O) groups is 1. The van der Waals surface area contributed by atoms with Crippen LogP contribution in [0.3, 0.4) is 0 Å². The lowest BCUT2D eigenvalue weighted by molar-refractivity contribution is 0.0280. The minimum atomic E-state index is -0.0657. The molecule has 0 radical (unpaired) electrons. The fraction of sp³-hybridized carbons (Fsp3) is 0.429. The Kier molecular flexibility index (Phi) is 5.84. The molecule has 3 fully saturated rings. The number of rotatable bonds is 6. The van der Waals surface area contributed by atoms with Crippen LogP contribution in [-0.2, 0) is 7.05 Å². The van der Waals surface area contributed by atoms with E-state index in [0.717, 1.165) is 30.8 Å². The van der Waals surface area contributed by atoms with Crippen molar-refractivity contribution in [3.8, 4) is 22.8 Å². The van der Waals surface area contributed by atoms with Gasteiger partial charge in [-0.25, -0.2) is 0 Å². The summed E-state index contributed by atoms with van der Waals surface area (Å²) in [6.07, 6.45) is 2.28. The van der Waals surface area contributed by atoms with Crippen LogP contribution in [-0.4, -0.2) is 67.2 Å². The molecule has 4 aliphatic heterocycles. The second-order valence-corrected chi connectivity index (χ2v) is 10.3. The zero-order valence-electron chi connectivity index (χ0n) is 21.1. The molecule has 36 heavy (non-hydrogen) atoms. The van der Waals surface area contributed by atoms with Crippen LogP contribution >= 0.6 is 0 Å². The third-order valence-electron chi connectivity index (χ3n) is 7.99. The summed E-state index contributed by atoms with van der Waals surface area (Å²) in [5.41, 5.74) is 5.27. The number of hydrogen-bond donors (Lipinski definition) is 1. The van der Waals surface area contributed by atoms with E-state index in [1.165, 1.54) is 17.8 Å². The lowest BCUT2D eigenvalue weighted by atomic mass is 9.74. The van der Waals surface area contributed by atoms with Gasteiger partial charge in [-0.15, -0.1) is 0 Å². The Morgan fingerprint density at radius 3 is 2.67 bits per heavy atom. The molecule has 7 rings (SSSR count). The number of nitrogens with one attached hydrogen (secondary N) is 1. The Hall–Kier alpha value is -3.52. The highest BCUT2D eigenvalue weighted by atomic mass is 16.7. The van der Waals surface area contributed by atoms with Gasteiger partial charge in [0.05, 0.1) is 5.69 Å². The summed E-state index contributed by atoms with van der Waals surface area (Å²) in [4.78, 5) is 17.4. The number of piperidine rings is 3. The number of fused-ring (bicyclic) bond motifs is 4. The summed E-state index contributed by atoms with van der Waals surface area (Å²) < 4.78 is 12.8. The molecule has 0 saturated carbocycles. The zero-order chi connectivity index (χ0) is 24.8. The van der Waals surface area contributed by atoms with E-state index in [4.69, 9.17) is 14.6 Å². The Morgan fingerprint density at radius 1 is 1.11 bits per heavy atom. The van der Waals surface area contributed by atoms with Crippen molar-refractivity contribution in [3.63, 3.8) is 0 Å². The fourth-order valence-corrected chi connectivity index (χ4v) is 5.94. The number of carbonyl (C=O) groups excluding carboxylic acids is 1. The zero-order valence-corrected chi connectivity index (χ0v) is 21.1. The van der Waals surface area contributed by atoms with Crippen molar-refractivity contribution in [1.82, 2.24) is 20.0 Å². The third kappa shape index (κ3) is 4.19. The molecule has 1 N–H and O–H groups in total. The summed E-state index contributed by atoms with van der Waals surface area (Å²) in [7, 11) is 6.17. The van der Waals surface area contributed by atoms with Crippen LogP contribution in [0.2, 0.25) is 0 Å².